The maximum atomic E-state index is 15.6. The lowest BCUT2D eigenvalue weighted by Gasteiger charge is -2.39. The van der Waals surface area contributed by atoms with E-state index in [1.165, 1.54) is 0 Å². The molecule has 1 aromatic heterocycles. The van der Waals surface area contributed by atoms with Crippen LogP contribution in [0.3, 0.4) is 0 Å². The number of benzene rings is 4. The summed E-state index contributed by atoms with van der Waals surface area (Å²) in [4.78, 5) is 28.7. The van der Waals surface area contributed by atoms with Gasteiger partial charge in [0.05, 0.1) is 35.0 Å². The second-order valence-corrected chi connectivity index (χ2v) is 11.9. The molecule has 0 N–H and O–H groups in total. The Morgan fingerprint density at radius 3 is 2.38 bits per heavy atom. The fraction of sp³-hybridized carbons (Fsp3) is 0.317. The standard InChI is InChI=1S/C41H40F5N3O3S/c1-27-6-15-34-36(22-27)49(39(23-37(34)50)53-26-31-4-3-5-35(42)40(31)43)25-38(51)48(33-16-18-47(19-17-33)20-21-52-2)24-28-7-9-29(10-8-28)30-11-13-32(14-12-30)41(44,45)46/h3-15,22-23,33H,16-21,24-26H2,1-2H3/i6D,15D,16D2,17D2,18D2,19D2,21D2,22D,23D,24D2,26D2,33D. The van der Waals surface area contributed by atoms with Gasteiger partial charge in [0.15, 0.2) is 17.1 Å². The first-order chi connectivity index (χ1) is 32.7. The second-order valence-electron chi connectivity index (χ2n) is 11.1. The van der Waals surface area contributed by atoms with Crippen LogP contribution in [-0.4, -0.2) is 59.5 Å². The molecule has 4 aromatic carbocycles. The summed E-state index contributed by atoms with van der Waals surface area (Å²) >= 11 is -0.256. The van der Waals surface area contributed by atoms with Gasteiger partial charge in [-0.15, -0.1) is 11.8 Å². The molecule has 1 aliphatic heterocycles. The Kier molecular flexibility index (Phi) is 6.54. The van der Waals surface area contributed by atoms with E-state index in [1.54, 1.807) is 0 Å². The number of amides is 1. The number of fused-ring (bicyclic) bond motifs is 1. The minimum absolute atomic E-state index is 0.0902. The number of carbonyl (C=O) groups excluding carboxylic acids is 1. The number of aromatic nitrogens is 1. The minimum Gasteiger partial charge on any atom is -0.383 e. The number of thioether (sulfide) groups is 1. The van der Waals surface area contributed by atoms with Gasteiger partial charge in [0.25, 0.3) is 0 Å². The molecule has 1 amide bonds. The molecule has 1 fully saturated rings. The predicted molar refractivity (Wildman–Crippen MR) is 198 cm³/mol. The minimum atomic E-state index is -4.73. The SMILES string of the molecule is [2H]c1c(C)c([2H])c2c(c1[2H])c(=O)c([2H])c(SC([2H])([2H])c1cccc(F)c1F)n2CC(=O)N(C([2H])([2H])c1ccc(-c2ccc(C(F)(F)F)cc2)cc1)C1([2H])C([2H])([2H])C([2H])([2H])N(CC([2H])([2H])OC)C([2H])([2H])C1([2H])[2H]. The molecule has 0 spiro atoms. The molecular weight excluding hydrogens is 710 g/mol. The molecule has 278 valence electrons. The van der Waals surface area contributed by atoms with Crippen LogP contribution in [0.25, 0.3) is 22.0 Å². The Labute approximate surface area is 335 Å². The van der Waals surface area contributed by atoms with Crippen LogP contribution in [-0.2, 0) is 34.5 Å². The van der Waals surface area contributed by atoms with Gasteiger partial charge in [-0.05, 0) is 72.2 Å². The van der Waals surface area contributed by atoms with Crippen molar-refractivity contribution in [1.29, 1.82) is 0 Å². The summed E-state index contributed by atoms with van der Waals surface area (Å²) in [5.74, 6) is -5.39. The van der Waals surface area contributed by atoms with E-state index in [-0.39, 0.29) is 27.8 Å². The van der Waals surface area contributed by atoms with Crippen LogP contribution in [0, 0.1) is 18.6 Å². The number of alkyl halides is 3. The molecule has 6 nitrogen and oxygen atoms in total. The van der Waals surface area contributed by atoms with E-state index in [9.17, 15) is 32.0 Å². The maximum Gasteiger partial charge on any atom is 0.416 e. The Balaban J connectivity index is 1.68. The topological polar surface area (TPSA) is 54.8 Å². The average molecular weight is 769 g/mol. The van der Waals surface area contributed by atoms with E-state index in [0.717, 1.165) is 74.7 Å². The number of nitrogens with zero attached hydrogens (tertiary/aromatic N) is 3. The third-order valence-electron chi connectivity index (χ3n) is 7.51. The average Bonchev–Trinajstić information content (AvgIpc) is 3.28. The van der Waals surface area contributed by atoms with Gasteiger partial charge in [-0.3, -0.25) is 9.59 Å². The van der Waals surface area contributed by atoms with Crippen molar-refractivity contribution < 1.29 is 57.5 Å². The van der Waals surface area contributed by atoms with E-state index in [0.29, 0.717) is 10.6 Å². The van der Waals surface area contributed by atoms with Gasteiger partial charge in [0.2, 0.25) is 5.91 Å². The fourth-order valence-corrected chi connectivity index (χ4v) is 5.66. The van der Waals surface area contributed by atoms with Gasteiger partial charge in [-0.2, -0.15) is 13.2 Å². The van der Waals surface area contributed by atoms with E-state index in [2.05, 4.69) is 4.74 Å². The number of piperidine rings is 1. The van der Waals surface area contributed by atoms with E-state index >= 15 is 9.18 Å². The van der Waals surface area contributed by atoms with Gasteiger partial charge in [0.1, 0.15) is 6.54 Å². The highest BCUT2D eigenvalue weighted by atomic mass is 32.2. The molecule has 6 rings (SSSR count). The Hall–Kier alpha value is -4.52. The molecule has 5 aromatic rings. The van der Waals surface area contributed by atoms with E-state index in [4.69, 9.17) is 16.4 Å². The summed E-state index contributed by atoms with van der Waals surface area (Å²) in [7, 11) is 0.763. The van der Waals surface area contributed by atoms with Crippen molar-refractivity contribution in [3.63, 3.8) is 0 Å². The summed E-state index contributed by atoms with van der Waals surface area (Å²) in [6.07, 6.45) is -13.6. The van der Waals surface area contributed by atoms with Crippen molar-refractivity contribution in [2.24, 2.45) is 0 Å². The molecule has 0 radical (unpaired) electrons. The van der Waals surface area contributed by atoms with Crippen LogP contribution in [0.5, 0.6) is 0 Å². The number of rotatable bonds is 12. The first-order valence-corrected chi connectivity index (χ1v) is 16.2. The molecular formula is C41H40F5N3O3S. The highest BCUT2D eigenvalue weighted by Crippen LogP contribution is 2.32. The van der Waals surface area contributed by atoms with Crippen molar-refractivity contribution in [3.8, 4) is 11.1 Å². The normalized spacial score (nSPS) is 24.6. The van der Waals surface area contributed by atoms with Crippen molar-refractivity contribution in [2.45, 2.75) is 55.6 Å². The highest BCUT2D eigenvalue weighted by molar-refractivity contribution is 7.98. The summed E-state index contributed by atoms with van der Waals surface area (Å²) in [5.41, 5.74) is -8.68. The van der Waals surface area contributed by atoms with Crippen LogP contribution in [0.4, 0.5) is 22.0 Å². The lowest BCUT2D eigenvalue weighted by atomic mass is 10.00. The zero-order valence-electron chi connectivity index (χ0n) is 46.6. The van der Waals surface area contributed by atoms with Gasteiger partial charge in [0, 0.05) is 75.6 Å². The number of carbonyl (C=O) groups is 1. The number of methoxy groups -OCH3 is 1. The van der Waals surface area contributed by atoms with Gasteiger partial charge in [-0.1, -0.05) is 54.6 Å². The summed E-state index contributed by atoms with van der Waals surface area (Å²) in [5, 5.41) is -2.02. The molecule has 12 heteroatoms. The van der Waals surface area contributed by atoms with Crippen molar-refractivity contribution in [1.82, 2.24) is 14.4 Å². The molecule has 1 aliphatic rings. The molecule has 0 saturated carbocycles. The Morgan fingerprint density at radius 2 is 1.72 bits per heavy atom. The number of hydrogen-bond acceptors (Lipinski definition) is 5. The summed E-state index contributed by atoms with van der Waals surface area (Å²) < 4.78 is 246. The van der Waals surface area contributed by atoms with Crippen LogP contribution in [0.2, 0.25) is 0 Å². The third kappa shape index (κ3) is 9.17. The van der Waals surface area contributed by atoms with E-state index in [1.807, 2.05) is 0 Å². The number of hydrogen-bond donors (Lipinski definition) is 0. The van der Waals surface area contributed by atoms with Crippen LogP contribution < -0.4 is 5.43 Å². The Bertz CT molecular complexity index is 3010. The van der Waals surface area contributed by atoms with Gasteiger partial charge in [-0.25, -0.2) is 8.78 Å². The van der Waals surface area contributed by atoms with Gasteiger partial charge >= 0.3 is 6.18 Å². The van der Waals surface area contributed by atoms with Crippen molar-refractivity contribution >= 4 is 28.6 Å². The van der Waals surface area contributed by atoms with Crippen molar-refractivity contribution in [2.75, 3.05) is 33.2 Å². The zero-order valence-corrected chi connectivity index (χ0v) is 28.4. The largest absolute Gasteiger partial charge is 0.416 e. The summed E-state index contributed by atoms with van der Waals surface area (Å²) in [6.45, 7) is -17.5. The monoisotopic (exact) mass is 768 g/mol. The van der Waals surface area contributed by atoms with Crippen molar-refractivity contribution in [3.05, 3.63) is 135 Å². The molecule has 0 atom stereocenters. The number of pyridine rings is 1. The first kappa shape index (κ1) is 20.8. The van der Waals surface area contributed by atoms with Crippen LogP contribution in [0.1, 0.15) is 61.0 Å². The van der Waals surface area contributed by atoms with E-state index < -0.39 is 160 Å². The zero-order chi connectivity index (χ0) is 54.7. The molecule has 2 heterocycles. The smallest absolute Gasteiger partial charge is 0.383 e. The number of halogens is 5. The maximum absolute atomic E-state index is 15.6. The molecule has 0 aliphatic carbocycles. The second kappa shape index (κ2) is 16.7. The van der Waals surface area contributed by atoms with Gasteiger partial charge < -0.3 is 19.1 Å². The number of likely N-dealkylation sites (tertiary alicyclic amines) is 1. The Morgan fingerprint density at radius 1 is 1.04 bits per heavy atom. The molecule has 0 unspecified atom stereocenters. The number of ether oxygens (including phenoxy) is 1. The fourth-order valence-electron chi connectivity index (χ4n) is 4.89. The third-order valence-corrected chi connectivity index (χ3v) is 8.35. The van der Waals surface area contributed by atoms with Crippen LogP contribution in [0.15, 0.2) is 101 Å². The quantitative estimate of drug-likeness (QED) is 0.0940. The molecule has 0 bridgehead atoms. The summed E-state index contributed by atoms with van der Waals surface area (Å²) in [6, 6.07) is 1.29. The first-order valence-electron chi connectivity index (χ1n) is 24.9. The molecule has 1 saturated heterocycles. The lowest BCUT2D eigenvalue weighted by Crippen LogP contribution is -2.48. The highest BCUT2D eigenvalue weighted by Gasteiger charge is 2.31. The predicted octanol–water partition coefficient (Wildman–Crippen LogP) is 8.71. The molecule has 53 heavy (non-hydrogen) atoms. The lowest BCUT2D eigenvalue weighted by molar-refractivity contribution is -0.137. The van der Waals surface area contributed by atoms with Crippen LogP contribution >= 0.6 is 11.8 Å².